The van der Waals surface area contributed by atoms with Crippen LogP contribution in [0.5, 0.6) is 0 Å². The second-order valence-electron chi connectivity index (χ2n) is 9.92. The lowest BCUT2D eigenvalue weighted by Gasteiger charge is -2.32. The molecular weight excluding hydrogens is 386 g/mol. The molecule has 2 aliphatic carbocycles. The summed E-state index contributed by atoms with van der Waals surface area (Å²) in [6.07, 6.45) is 13.7. The van der Waals surface area contributed by atoms with Crippen molar-refractivity contribution in [2.45, 2.75) is 89.6 Å². The van der Waals surface area contributed by atoms with E-state index in [0.29, 0.717) is 6.04 Å². The maximum atomic E-state index is 12.6. The quantitative estimate of drug-likeness (QED) is 0.684. The van der Waals surface area contributed by atoms with E-state index in [4.69, 9.17) is 0 Å². The molecule has 1 saturated heterocycles. The molecule has 0 atom stereocenters. The van der Waals surface area contributed by atoms with E-state index in [-0.39, 0.29) is 23.7 Å². The van der Waals surface area contributed by atoms with Crippen LogP contribution in [0.2, 0.25) is 0 Å². The molecule has 0 bridgehead atoms. The lowest BCUT2D eigenvalue weighted by atomic mass is 9.88. The number of likely N-dealkylation sites (tertiary alicyclic amines) is 1. The van der Waals surface area contributed by atoms with Crippen molar-refractivity contribution in [1.29, 1.82) is 0 Å². The number of amides is 2. The number of benzene rings is 1. The normalized spacial score (nSPS) is 22.2. The van der Waals surface area contributed by atoms with Crippen LogP contribution in [-0.2, 0) is 16.1 Å². The fraction of sp³-hybridized carbons (Fsp3) is 0.692. The molecule has 4 rings (SSSR count). The Bertz CT molecular complexity index is 730. The number of hydrogen-bond donors (Lipinski definition) is 2. The number of nitrogens with zero attached hydrogens (tertiary/aromatic N) is 1. The van der Waals surface area contributed by atoms with Crippen molar-refractivity contribution < 1.29 is 9.59 Å². The molecule has 0 radical (unpaired) electrons. The summed E-state index contributed by atoms with van der Waals surface area (Å²) in [4.78, 5) is 27.6. The zero-order valence-corrected chi connectivity index (χ0v) is 18.9. The third kappa shape index (κ3) is 6.55. The van der Waals surface area contributed by atoms with Crippen LogP contribution in [0.3, 0.4) is 0 Å². The van der Waals surface area contributed by atoms with E-state index in [1.54, 1.807) is 0 Å². The Balaban J connectivity index is 1.22. The van der Waals surface area contributed by atoms with Crippen molar-refractivity contribution >= 4 is 17.5 Å². The lowest BCUT2D eigenvalue weighted by Crippen LogP contribution is -2.44. The summed E-state index contributed by atoms with van der Waals surface area (Å²) in [7, 11) is 0. The van der Waals surface area contributed by atoms with Crippen molar-refractivity contribution in [3.05, 3.63) is 29.8 Å². The predicted molar refractivity (Wildman–Crippen MR) is 125 cm³/mol. The van der Waals surface area contributed by atoms with E-state index in [9.17, 15) is 9.59 Å². The van der Waals surface area contributed by atoms with Gasteiger partial charge in [-0.2, -0.15) is 0 Å². The number of anilines is 1. The Kier molecular flexibility index (Phi) is 8.01. The highest BCUT2D eigenvalue weighted by atomic mass is 16.2. The average molecular weight is 426 g/mol. The van der Waals surface area contributed by atoms with Gasteiger partial charge in [0.05, 0.1) is 0 Å². The summed E-state index contributed by atoms with van der Waals surface area (Å²) in [5.74, 6) is 0.802. The van der Waals surface area contributed by atoms with Crippen molar-refractivity contribution in [1.82, 2.24) is 10.2 Å². The first kappa shape index (κ1) is 22.3. The van der Waals surface area contributed by atoms with Gasteiger partial charge in [-0.1, -0.05) is 50.7 Å². The number of piperidine rings is 1. The Hall–Kier alpha value is -1.88. The van der Waals surface area contributed by atoms with Gasteiger partial charge in [-0.05, 0) is 69.3 Å². The maximum Gasteiger partial charge on any atom is 0.227 e. The molecule has 3 aliphatic rings. The summed E-state index contributed by atoms with van der Waals surface area (Å²) in [6.45, 7) is 2.80. The maximum absolute atomic E-state index is 12.6. The molecular formula is C26H39N3O2. The summed E-state index contributed by atoms with van der Waals surface area (Å²) >= 11 is 0. The van der Waals surface area contributed by atoms with E-state index in [0.717, 1.165) is 63.8 Å². The van der Waals surface area contributed by atoms with Gasteiger partial charge in [0.15, 0.2) is 0 Å². The van der Waals surface area contributed by atoms with Gasteiger partial charge in [-0.15, -0.1) is 0 Å². The van der Waals surface area contributed by atoms with Gasteiger partial charge < -0.3 is 10.6 Å². The summed E-state index contributed by atoms with van der Waals surface area (Å²) in [6, 6.07) is 8.69. The molecule has 5 heteroatoms. The van der Waals surface area contributed by atoms with Gasteiger partial charge in [0, 0.05) is 30.1 Å². The van der Waals surface area contributed by atoms with E-state index >= 15 is 0 Å². The first-order valence-electron chi connectivity index (χ1n) is 12.6. The Morgan fingerprint density at radius 1 is 0.806 bits per heavy atom. The molecule has 1 aliphatic heterocycles. The first-order chi connectivity index (χ1) is 15.2. The molecule has 1 heterocycles. The molecule has 1 aromatic carbocycles. The van der Waals surface area contributed by atoms with Crippen molar-refractivity contribution in [3.63, 3.8) is 0 Å². The van der Waals surface area contributed by atoms with Gasteiger partial charge in [-0.3, -0.25) is 14.5 Å². The molecule has 0 aromatic heterocycles. The monoisotopic (exact) mass is 425 g/mol. The molecule has 31 heavy (non-hydrogen) atoms. The van der Waals surface area contributed by atoms with Crippen LogP contribution < -0.4 is 10.6 Å². The van der Waals surface area contributed by atoms with Gasteiger partial charge in [0.2, 0.25) is 11.8 Å². The van der Waals surface area contributed by atoms with E-state index < -0.39 is 0 Å². The Morgan fingerprint density at radius 3 is 2.16 bits per heavy atom. The molecule has 3 fully saturated rings. The molecule has 2 saturated carbocycles. The minimum Gasteiger partial charge on any atom is -0.353 e. The van der Waals surface area contributed by atoms with Crippen LogP contribution in [-0.4, -0.2) is 35.8 Å². The average Bonchev–Trinajstić information content (AvgIpc) is 2.81. The van der Waals surface area contributed by atoms with Gasteiger partial charge >= 0.3 is 0 Å². The second-order valence-corrected chi connectivity index (χ2v) is 9.92. The van der Waals surface area contributed by atoms with Crippen LogP contribution in [0.25, 0.3) is 0 Å². The van der Waals surface area contributed by atoms with Gasteiger partial charge in [-0.25, -0.2) is 0 Å². The van der Waals surface area contributed by atoms with Gasteiger partial charge in [0.25, 0.3) is 0 Å². The molecule has 2 N–H and O–H groups in total. The highest BCUT2D eigenvalue weighted by Gasteiger charge is 2.27. The lowest BCUT2D eigenvalue weighted by molar-refractivity contribution is -0.127. The number of carbonyl (C=O) groups is 2. The topological polar surface area (TPSA) is 61.4 Å². The zero-order valence-electron chi connectivity index (χ0n) is 18.9. The Labute approximate surface area is 187 Å². The summed E-state index contributed by atoms with van der Waals surface area (Å²) in [5.41, 5.74) is 2.14. The standard InChI is InChI=1S/C26H39N3O2/c30-25(21-9-3-1-4-10-21)28-24-13-7-8-20(18-24)19-29-16-14-22(15-17-29)26(31)27-23-11-5-2-6-12-23/h7-8,13,18,21-23H,1-6,9-12,14-17,19H2,(H,27,31)(H,28,30). The molecule has 2 amide bonds. The smallest absolute Gasteiger partial charge is 0.227 e. The Morgan fingerprint density at radius 2 is 1.45 bits per heavy atom. The third-order valence-electron chi connectivity index (χ3n) is 7.49. The molecule has 5 nitrogen and oxygen atoms in total. The molecule has 0 unspecified atom stereocenters. The summed E-state index contributed by atoms with van der Waals surface area (Å²) in [5, 5.41) is 6.45. The third-order valence-corrected chi connectivity index (χ3v) is 7.49. The number of rotatable bonds is 6. The predicted octanol–water partition coefficient (Wildman–Crippen LogP) is 4.87. The van der Waals surface area contributed by atoms with E-state index in [1.807, 2.05) is 12.1 Å². The van der Waals surface area contributed by atoms with Crippen molar-refractivity contribution in [3.8, 4) is 0 Å². The van der Waals surface area contributed by atoms with Crippen LogP contribution in [0.4, 0.5) is 5.69 Å². The van der Waals surface area contributed by atoms with Crippen LogP contribution >= 0.6 is 0 Å². The zero-order chi connectivity index (χ0) is 21.5. The van der Waals surface area contributed by atoms with Crippen molar-refractivity contribution in [2.75, 3.05) is 18.4 Å². The first-order valence-corrected chi connectivity index (χ1v) is 12.6. The SMILES string of the molecule is O=C(Nc1cccc(CN2CCC(C(=O)NC3CCCCC3)CC2)c1)C1CCCCC1. The second kappa shape index (κ2) is 11.1. The van der Waals surface area contributed by atoms with E-state index in [2.05, 4.69) is 27.7 Å². The van der Waals surface area contributed by atoms with Crippen molar-refractivity contribution in [2.24, 2.45) is 11.8 Å². The summed E-state index contributed by atoms with van der Waals surface area (Å²) < 4.78 is 0. The number of hydrogen-bond acceptors (Lipinski definition) is 3. The minimum absolute atomic E-state index is 0.166. The van der Waals surface area contributed by atoms with Crippen LogP contribution in [0.15, 0.2) is 24.3 Å². The highest BCUT2D eigenvalue weighted by molar-refractivity contribution is 5.92. The molecule has 0 spiro atoms. The fourth-order valence-corrected chi connectivity index (χ4v) is 5.53. The largest absolute Gasteiger partial charge is 0.353 e. The molecule has 1 aromatic rings. The highest BCUT2D eigenvalue weighted by Crippen LogP contribution is 2.26. The molecule has 170 valence electrons. The number of carbonyl (C=O) groups excluding carboxylic acids is 2. The van der Waals surface area contributed by atoms with Crippen LogP contribution in [0.1, 0.15) is 82.6 Å². The van der Waals surface area contributed by atoms with Gasteiger partial charge in [0.1, 0.15) is 0 Å². The van der Waals surface area contributed by atoms with E-state index in [1.165, 1.54) is 44.1 Å². The number of nitrogens with one attached hydrogen (secondary N) is 2. The minimum atomic E-state index is 0.166. The fourth-order valence-electron chi connectivity index (χ4n) is 5.53. The van der Waals surface area contributed by atoms with Crippen LogP contribution in [0, 0.1) is 11.8 Å².